The Morgan fingerprint density at radius 2 is 2.05 bits per heavy atom. The van der Waals surface area contributed by atoms with Crippen LogP contribution in [0.3, 0.4) is 0 Å². The van der Waals surface area contributed by atoms with Crippen LogP contribution in [0, 0.1) is 6.92 Å². The van der Waals surface area contributed by atoms with E-state index in [1.807, 2.05) is 43.3 Å². The van der Waals surface area contributed by atoms with Crippen LogP contribution in [0.25, 0.3) is 0 Å². The van der Waals surface area contributed by atoms with Crippen LogP contribution in [-0.4, -0.2) is 14.3 Å². The minimum Gasteiger partial charge on any atom is -0.453 e. The average Bonchev–Trinajstić information content (AvgIpc) is 2.88. The van der Waals surface area contributed by atoms with E-state index in [-0.39, 0.29) is 0 Å². The number of benzene rings is 1. The summed E-state index contributed by atoms with van der Waals surface area (Å²) in [6.07, 6.45) is 1.70. The Morgan fingerprint density at radius 1 is 1.24 bits per heavy atom. The van der Waals surface area contributed by atoms with Crippen LogP contribution in [0.5, 0.6) is 11.5 Å². The molecule has 1 N–H and O–H groups in total. The molecular weight excluding hydrogens is 352 g/mol. The fourth-order valence-corrected chi connectivity index (χ4v) is 2.54. The SMILES string of the molecule is Cc1nsc(Nc2ncc(Br)cc2Oc2ccccc2)n1. The number of ether oxygens (including phenoxy) is 1. The highest BCUT2D eigenvalue weighted by molar-refractivity contribution is 9.10. The van der Waals surface area contributed by atoms with Crippen molar-refractivity contribution in [1.82, 2.24) is 14.3 Å². The van der Waals surface area contributed by atoms with E-state index in [2.05, 4.69) is 35.6 Å². The predicted molar refractivity (Wildman–Crippen MR) is 86.4 cm³/mol. The first kappa shape index (κ1) is 14.0. The van der Waals surface area contributed by atoms with Gasteiger partial charge < -0.3 is 10.1 Å². The number of rotatable bonds is 4. The molecule has 0 aliphatic carbocycles. The van der Waals surface area contributed by atoms with E-state index in [4.69, 9.17) is 4.74 Å². The molecule has 0 spiro atoms. The van der Waals surface area contributed by atoms with Crippen molar-refractivity contribution < 1.29 is 4.74 Å². The minimum absolute atomic E-state index is 0.596. The summed E-state index contributed by atoms with van der Waals surface area (Å²) in [5, 5.41) is 3.81. The van der Waals surface area contributed by atoms with E-state index in [9.17, 15) is 0 Å². The van der Waals surface area contributed by atoms with Crippen LogP contribution in [0.2, 0.25) is 0 Å². The number of anilines is 2. The van der Waals surface area contributed by atoms with Crippen molar-refractivity contribution in [2.24, 2.45) is 0 Å². The molecule has 5 nitrogen and oxygen atoms in total. The van der Waals surface area contributed by atoms with Gasteiger partial charge in [0.2, 0.25) is 5.13 Å². The van der Waals surface area contributed by atoms with Gasteiger partial charge in [-0.15, -0.1) is 0 Å². The number of halogens is 1. The molecule has 0 amide bonds. The van der Waals surface area contributed by atoms with Gasteiger partial charge in [0, 0.05) is 28.3 Å². The Balaban J connectivity index is 1.89. The molecule has 2 aromatic heterocycles. The van der Waals surface area contributed by atoms with E-state index in [1.54, 1.807) is 6.20 Å². The molecule has 0 radical (unpaired) electrons. The summed E-state index contributed by atoms with van der Waals surface area (Å²) in [4.78, 5) is 8.60. The number of aryl methyl sites for hydroxylation is 1. The van der Waals surface area contributed by atoms with Crippen molar-refractivity contribution in [1.29, 1.82) is 0 Å². The zero-order valence-electron chi connectivity index (χ0n) is 11.1. The Labute approximate surface area is 134 Å². The summed E-state index contributed by atoms with van der Waals surface area (Å²) in [5.74, 6) is 2.68. The van der Waals surface area contributed by atoms with Gasteiger partial charge in [0.1, 0.15) is 11.6 Å². The summed E-state index contributed by atoms with van der Waals surface area (Å²) in [7, 11) is 0. The van der Waals surface area contributed by atoms with Crippen molar-refractivity contribution in [2.75, 3.05) is 5.32 Å². The molecule has 7 heteroatoms. The molecule has 106 valence electrons. The van der Waals surface area contributed by atoms with Crippen molar-refractivity contribution in [3.8, 4) is 11.5 Å². The lowest BCUT2D eigenvalue weighted by atomic mass is 10.3. The Bertz CT molecular complexity index is 748. The van der Waals surface area contributed by atoms with Crippen LogP contribution in [-0.2, 0) is 0 Å². The number of aromatic nitrogens is 3. The summed E-state index contributed by atoms with van der Waals surface area (Å²) >= 11 is 4.69. The maximum absolute atomic E-state index is 5.87. The monoisotopic (exact) mass is 362 g/mol. The maximum atomic E-state index is 5.87. The fraction of sp³-hybridized carbons (Fsp3) is 0.0714. The number of hydrogen-bond donors (Lipinski definition) is 1. The second-order valence-electron chi connectivity index (χ2n) is 4.19. The molecule has 0 bridgehead atoms. The summed E-state index contributed by atoms with van der Waals surface area (Å²) in [6, 6.07) is 11.4. The Hall–Kier alpha value is -1.99. The van der Waals surface area contributed by atoms with Gasteiger partial charge >= 0.3 is 0 Å². The second kappa shape index (κ2) is 6.19. The van der Waals surface area contributed by atoms with E-state index in [0.717, 1.165) is 16.0 Å². The zero-order valence-corrected chi connectivity index (χ0v) is 13.5. The smallest absolute Gasteiger partial charge is 0.208 e. The highest BCUT2D eigenvalue weighted by atomic mass is 79.9. The first-order chi connectivity index (χ1) is 10.2. The molecule has 3 rings (SSSR count). The molecule has 0 saturated heterocycles. The van der Waals surface area contributed by atoms with Gasteiger partial charge in [-0.05, 0) is 35.0 Å². The van der Waals surface area contributed by atoms with Crippen LogP contribution in [0.1, 0.15) is 5.82 Å². The minimum atomic E-state index is 0.596. The van der Waals surface area contributed by atoms with Gasteiger partial charge in [-0.25, -0.2) is 9.97 Å². The quantitative estimate of drug-likeness (QED) is 0.738. The van der Waals surface area contributed by atoms with Gasteiger partial charge in [0.15, 0.2) is 11.6 Å². The molecule has 21 heavy (non-hydrogen) atoms. The standard InChI is InChI=1S/C14H11BrN4OS/c1-9-17-14(21-19-9)18-13-12(7-10(15)8-16-13)20-11-5-3-2-4-6-11/h2-8H,1H3,(H,16,17,18,19). The molecule has 2 heterocycles. The molecule has 0 aliphatic rings. The molecule has 0 saturated carbocycles. The summed E-state index contributed by atoms with van der Waals surface area (Å²) in [6.45, 7) is 1.85. The van der Waals surface area contributed by atoms with Crippen LogP contribution in [0.4, 0.5) is 10.9 Å². The molecule has 1 aromatic carbocycles. The largest absolute Gasteiger partial charge is 0.453 e. The lowest BCUT2D eigenvalue weighted by Crippen LogP contribution is -1.97. The van der Waals surface area contributed by atoms with Gasteiger partial charge in [0.05, 0.1) is 0 Å². The fourth-order valence-electron chi connectivity index (χ4n) is 1.66. The number of hydrogen-bond acceptors (Lipinski definition) is 6. The first-order valence-electron chi connectivity index (χ1n) is 6.16. The van der Waals surface area contributed by atoms with Gasteiger partial charge in [-0.2, -0.15) is 4.37 Å². The number of pyridine rings is 1. The second-order valence-corrected chi connectivity index (χ2v) is 5.85. The summed E-state index contributed by atoms with van der Waals surface area (Å²) < 4.78 is 10.8. The van der Waals surface area contributed by atoms with Gasteiger partial charge in [0.25, 0.3) is 0 Å². The van der Waals surface area contributed by atoms with Crippen molar-refractivity contribution in [3.05, 3.63) is 52.9 Å². The molecular formula is C14H11BrN4OS. The van der Waals surface area contributed by atoms with Crippen LogP contribution in [0.15, 0.2) is 47.1 Å². The Kier molecular flexibility index (Phi) is 4.12. The van der Waals surface area contributed by atoms with E-state index in [0.29, 0.717) is 16.7 Å². The third-order valence-corrected chi connectivity index (χ3v) is 3.70. The normalized spacial score (nSPS) is 10.4. The highest BCUT2D eigenvalue weighted by Gasteiger charge is 2.10. The van der Waals surface area contributed by atoms with Gasteiger partial charge in [-0.1, -0.05) is 18.2 Å². The van der Waals surface area contributed by atoms with Gasteiger partial charge in [-0.3, -0.25) is 0 Å². The predicted octanol–water partition coefficient (Wildman–Crippen LogP) is 4.54. The molecule has 3 aromatic rings. The molecule has 0 atom stereocenters. The average molecular weight is 363 g/mol. The number of para-hydroxylation sites is 1. The van der Waals surface area contributed by atoms with E-state index < -0.39 is 0 Å². The third kappa shape index (κ3) is 3.56. The van der Waals surface area contributed by atoms with Crippen LogP contribution >= 0.6 is 27.5 Å². The first-order valence-corrected chi connectivity index (χ1v) is 7.73. The summed E-state index contributed by atoms with van der Waals surface area (Å²) in [5.41, 5.74) is 0. The van der Waals surface area contributed by atoms with E-state index in [1.165, 1.54) is 11.5 Å². The molecule has 0 unspecified atom stereocenters. The van der Waals surface area contributed by atoms with Crippen molar-refractivity contribution >= 4 is 38.4 Å². The van der Waals surface area contributed by atoms with Crippen molar-refractivity contribution in [2.45, 2.75) is 6.92 Å². The lowest BCUT2D eigenvalue weighted by Gasteiger charge is -2.10. The number of nitrogens with one attached hydrogen (secondary N) is 1. The van der Waals surface area contributed by atoms with Crippen LogP contribution < -0.4 is 10.1 Å². The molecule has 0 fully saturated rings. The maximum Gasteiger partial charge on any atom is 0.208 e. The van der Waals surface area contributed by atoms with Crippen molar-refractivity contribution in [3.63, 3.8) is 0 Å². The third-order valence-electron chi connectivity index (χ3n) is 2.54. The van der Waals surface area contributed by atoms with E-state index >= 15 is 0 Å². The lowest BCUT2D eigenvalue weighted by molar-refractivity contribution is 0.482. The molecule has 0 aliphatic heterocycles. The number of nitrogens with zero attached hydrogens (tertiary/aromatic N) is 3. The highest BCUT2D eigenvalue weighted by Crippen LogP contribution is 2.32. The zero-order chi connectivity index (χ0) is 14.7. The Morgan fingerprint density at radius 3 is 2.76 bits per heavy atom. The topological polar surface area (TPSA) is 59.9 Å².